The second kappa shape index (κ2) is 6.96. The van der Waals surface area contributed by atoms with Gasteiger partial charge in [-0.15, -0.1) is 0 Å². The number of ether oxygens (including phenoxy) is 1. The Balaban J connectivity index is 2.01. The molecular formula is C14H16N2O5. The van der Waals surface area contributed by atoms with Crippen LogP contribution in [0.4, 0.5) is 5.69 Å². The van der Waals surface area contributed by atoms with Crippen LogP contribution in [0.2, 0.25) is 0 Å². The number of aliphatic hydroxyl groups excluding tert-OH is 1. The number of non-ortho nitro benzene ring substituents is 1. The van der Waals surface area contributed by atoms with E-state index in [1.165, 1.54) is 18.2 Å². The van der Waals surface area contributed by atoms with Crippen LogP contribution in [-0.4, -0.2) is 53.2 Å². The molecular weight excluding hydrogens is 276 g/mol. The van der Waals surface area contributed by atoms with Gasteiger partial charge in [0.2, 0.25) is 5.91 Å². The van der Waals surface area contributed by atoms with Gasteiger partial charge in [-0.1, -0.05) is 12.1 Å². The lowest BCUT2D eigenvalue weighted by Gasteiger charge is -2.31. The van der Waals surface area contributed by atoms with Crippen LogP contribution in [0, 0.1) is 10.1 Å². The zero-order chi connectivity index (χ0) is 15.2. The van der Waals surface area contributed by atoms with Crippen molar-refractivity contribution in [2.24, 2.45) is 0 Å². The molecule has 1 aliphatic rings. The van der Waals surface area contributed by atoms with Crippen LogP contribution in [0.1, 0.15) is 5.56 Å². The predicted octanol–water partition coefficient (Wildman–Crippen LogP) is 0.828. The fourth-order valence-electron chi connectivity index (χ4n) is 2.04. The Morgan fingerprint density at radius 2 is 2.38 bits per heavy atom. The highest BCUT2D eigenvalue weighted by atomic mass is 16.6. The molecule has 0 aliphatic carbocycles. The van der Waals surface area contributed by atoms with Gasteiger partial charge in [0.05, 0.1) is 24.2 Å². The molecule has 1 amide bonds. The second-order valence-electron chi connectivity index (χ2n) is 4.65. The van der Waals surface area contributed by atoms with Crippen molar-refractivity contribution in [2.75, 3.05) is 26.3 Å². The maximum atomic E-state index is 12.0. The lowest BCUT2D eigenvalue weighted by atomic mass is 10.2. The van der Waals surface area contributed by atoms with Crippen LogP contribution in [0.3, 0.4) is 0 Å². The minimum atomic E-state index is -0.479. The van der Waals surface area contributed by atoms with E-state index < -0.39 is 4.92 Å². The maximum absolute atomic E-state index is 12.0. The number of morpholine rings is 1. The first-order valence-corrected chi connectivity index (χ1v) is 6.54. The summed E-state index contributed by atoms with van der Waals surface area (Å²) in [4.78, 5) is 23.8. The molecule has 1 aliphatic heterocycles. The zero-order valence-corrected chi connectivity index (χ0v) is 11.3. The molecule has 1 aromatic rings. The van der Waals surface area contributed by atoms with Crippen molar-refractivity contribution in [3.63, 3.8) is 0 Å². The number of hydrogen-bond acceptors (Lipinski definition) is 5. The van der Waals surface area contributed by atoms with E-state index in [2.05, 4.69) is 0 Å². The van der Waals surface area contributed by atoms with E-state index in [1.54, 1.807) is 23.1 Å². The van der Waals surface area contributed by atoms with Gasteiger partial charge in [0.15, 0.2) is 0 Å². The van der Waals surface area contributed by atoms with Crippen LogP contribution in [0.25, 0.3) is 6.08 Å². The summed E-state index contributed by atoms with van der Waals surface area (Å²) in [6.07, 6.45) is 2.56. The Morgan fingerprint density at radius 3 is 3.10 bits per heavy atom. The van der Waals surface area contributed by atoms with E-state index in [9.17, 15) is 14.9 Å². The maximum Gasteiger partial charge on any atom is 0.270 e. The zero-order valence-electron chi connectivity index (χ0n) is 11.3. The average molecular weight is 292 g/mol. The molecule has 1 unspecified atom stereocenters. The Kier molecular flexibility index (Phi) is 5.02. The van der Waals surface area contributed by atoms with E-state index in [-0.39, 0.29) is 24.3 Å². The Morgan fingerprint density at radius 1 is 1.57 bits per heavy atom. The van der Waals surface area contributed by atoms with Gasteiger partial charge >= 0.3 is 0 Å². The lowest BCUT2D eigenvalue weighted by Crippen LogP contribution is -2.46. The minimum Gasteiger partial charge on any atom is -0.394 e. The quantitative estimate of drug-likeness (QED) is 0.504. The van der Waals surface area contributed by atoms with Crippen molar-refractivity contribution in [1.29, 1.82) is 0 Å². The largest absolute Gasteiger partial charge is 0.394 e. The summed E-state index contributed by atoms with van der Waals surface area (Å²) in [5.41, 5.74) is 0.570. The summed E-state index contributed by atoms with van der Waals surface area (Å²) in [6, 6.07) is 6.05. The van der Waals surface area contributed by atoms with Crippen LogP contribution in [0.5, 0.6) is 0 Å². The number of nitro benzene ring substituents is 1. The fraction of sp³-hybridized carbons (Fsp3) is 0.357. The highest BCUT2D eigenvalue weighted by Gasteiger charge is 2.22. The topological polar surface area (TPSA) is 92.9 Å². The molecule has 0 bridgehead atoms. The predicted molar refractivity (Wildman–Crippen MR) is 75.5 cm³/mol. The second-order valence-corrected chi connectivity index (χ2v) is 4.65. The van der Waals surface area contributed by atoms with Crippen molar-refractivity contribution in [1.82, 2.24) is 4.90 Å². The lowest BCUT2D eigenvalue weighted by molar-refractivity contribution is -0.384. The smallest absolute Gasteiger partial charge is 0.270 e. The molecule has 2 rings (SSSR count). The number of amides is 1. The Labute approximate surface area is 121 Å². The highest BCUT2D eigenvalue weighted by Crippen LogP contribution is 2.14. The fourth-order valence-corrected chi connectivity index (χ4v) is 2.04. The van der Waals surface area contributed by atoms with Crippen LogP contribution in [-0.2, 0) is 9.53 Å². The molecule has 1 N–H and O–H groups in total. The number of carbonyl (C=O) groups is 1. The van der Waals surface area contributed by atoms with Crippen LogP contribution in [0.15, 0.2) is 30.3 Å². The summed E-state index contributed by atoms with van der Waals surface area (Å²) < 4.78 is 5.27. The molecule has 7 heteroatoms. The highest BCUT2D eigenvalue weighted by molar-refractivity contribution is 5.91. The molecule has 0 spiro atoms. The van der Waals surface area contributed by atoms with Gasteiger partial charge in [0.1, 0.15) is 0 Å². The molecule has 1 heterocycles. The van der Waals surface area contributed by atoms with E-state index in [0.29, 0.717) is 25.3 Å². The number of carbonyl (C=O) groups excluding carboxylic acids is 1. The molecule has 1 atom stereocenters. The minimum absolute atomic E-state index is 0.0173. The average Bonchev–Trinajstić information content (AvgIpc) is 2.53. The Bertz CT molecular complexity index is 558. The molecule has 1 fully saturated rings. The molecule has 1 saturated heterocycles. The van der Waals surface area contributed by atoms with E-state index in [1.807, 2.05) is 0 Å². The molecule has 0 saturated carbocycles. The Hall–Kier alpha value is -2.25. The van der Waals surface area contributed by atoms with Gasteiger partial charge in [0.25, 0.3) is 5.69 Å². The first-order valence-electron chi connectivity index (χ1n) is 6.54. The third kappa shape index (κ3) is 4.11. The van der Waals surface area contributed by atoms with Gasteiger partial charge in [0, 0.05) is 31.3 Å². The monoisotopic (exact) mass is 292 g/mol. The summed E-state index contributed by atoms with van der Waals surface area (Å²) >= 11 is 0. The normalized spacial score (nSPS) is 18.9. The van der Waals surface area contributed by atoms with Crippen LogP contribution < -0.4 is 0 Å². The summed E-state index contributed by atoms with van der Waals surface area (Å²) in [6.45, 7) is 1.07. The van der Waals surface area contributed by atoms with Gasteiger partial charge < -0.3 is 14.7 Å². The van der Waals surface area contributed by atoms with Crippen molar-refractivity contribution in [2.45, 2.75) is 6.10 Å². The van der Waals surface area contributed by atoms with Gasteiger partial charge in [-0.2, -0.15) is 0 Å². The molecule has 0 radical (unpaired) electrons. The van der Waals surface area contributed by atoms with E-state index in [0.717, 1.165) is 0 Å². The summed E-state index contributed by atoms with van der Waals surface area (Å²) in [7, 11) is 0. The summed E-state index contributed by atoms with van der Waals surface area (Å²) in [5, 5.41) is 19.7. The van der Waals surface area contributed by atoms with E-state index >= 15 is 0 Å². The van der Waals surface area contributed by atoms with Gasteiger partial charge in [-0.05, 0) is 11.6 Å². The number of hydrogen-bond donors (Lipinski definition) is 1. The first-order chi connectivity index (χ1) is 10.1. The third-order valence-corrected chi connectivity index (χ3v) is 3.15. The first kappa shape index (κ1) is 15.1. The van der Waals surface area contributed by atoms with Crippen molar-refractivity contribution in [3.05, 3.63) is 46.0 Å². The van der Waals surface area contributed by atoms with Crippen molar-refractivity contribution >= 4 is 17.7 Å². The molecule has 21 heavy (non-hydrogen) atoms. The summed E-state index contributed by atoms with van der Waals surface area (Å²) in [5.74, 6) is -0.205. The molecule has 1 aromatic carbocycles. The van der Waals surface area contributed by atoms with Crippen LogP contribution >= 0.6 is 0 Å². The van der Waals surface area contributed by atoms with Crippen molar-refractivity contribution < 1.29 is 19.6 Å². The van der Waals surface area contributed by atoms with Gasteiger partial charge in [-0.25, -0.2) is 0 Å². The van der Waals surface area contributed by atoms with Gasteiger partial charge in [-0.3, -0.25) is 14.9 Å². The standard InChI is InChI=1S/C14H16N2O5/c17-10-13-9-15(6-7-21-13)14(18)5-4-11-2-1-3-12(8-11)16(19)20/h1-5,8,13,17H,6-7,9-10H2/b5-4+. The molecule has 0 aromatic heterocycles. The van der Waals surface area contributed by atoms with E-state index in [4.69, 9.17) is 9.84 Å². The number of aliphatic hydroxyl groups is 1. The molecule has 112 valence electrons. The number of rotatable bonds is 4. The number of nitro groups is 1. The van der Waals surface area contributed by atoms with Crippen molar-refractivity contribution in [3.8, 4) is 0 Å². The number of benzene rings is 1. The molecule has 7 nitrogen and oxygen atoms in total. The number of nitrogens with zero attached hydrogens (tertiary/aromatic N) is 2. The SMILES string of the molecule is O=C(/C=C/c1cccc([N+](=O)[O-])c1)N1CCOC(CO)C1. The third-order valence-electron chi connectivity index (χ3n) is 3.15.